The predicted octanol–water partition coefficient (Wildman–Crippen LogP) is 4.15. The van der Waals surface area contributed by atoms with Gasteiger partial charge < -0.3 is 5.73 Å². The third-order valence-corrected chi connectivity index (χ3v) is 8.70. The van der Waals surface area contributed by atoms with Gasteiger partial charge in [-0.1, -0.05) is 29.3 Å². The summed E-state index contributed by atoms with van der Waals surface area (Å²) in [7, 11) is -7.46. The van der Waals surface area contributed by atoms with E-state index in [1.54, 1.807) is 6.07 Å². The first-order valence-electron chi connectivity index (χ1n) is 8.48. The van der Waals surface area contributed by atoms with Crippen LogP contribution in [0.4, 0.5) is 0 Å². The highest BCUT2D eigenvalue weighted by Crippen LogP contribution is 2.33. The fourth-order valence-electron chi connectivity index (χ4n) is 2.98. The molecule has 0 aliphatic rings. The normalized spacial score (nSPS) is 11.9. The Morgan fingerprint density at radius 1 is 0.828 bits per heavy atom. The van der Waals surface area contributed by atoms with Crippen LogP contribution < -0.4 is 5.73 Å². The van der Waals surface area contributed by atoms with E-state index in [0.29, 0.717) is 5.56 Å². The SMILES string of the molecule is Cc1cc(C)cc(-c2cc(S(C)(=O)=O)cc(S(=O)(=O)c3ccc(CN)s3)c2)c1.Cl. The summed E-state index contributed by atoms with van der Waals surface area (Å²) in [4.78, 5) is 0.667. The monoisotopic (exact) mass is 471 g/mol. The van der Waals surface area contributed by atoms with Crippen molar-refractivity contribution in [2.45, 2.75) is 34.4 Å². The Morgan fingerprint density at radius 3 is 1.90 bits per heavy atom. The second-order valence-corrected chi connectivity index (χ2v) is 12.1. The van der Waals surface area contributed by atoms with E-state index in [1.165, 1.54) is 24.3 Å². The van der Waals surface area contributed by atoms with E-state index in [1.807, 2.05) is 32.0 Å². The first-order chi connectivity index (χ1) is 13.0. The molecule has 2 aromatic carbocycles. The van der Waals surface area contributed by atoms with Crippen molar-refractivity contribution < 1.29 is 16.8 Å². The van der Waals surface area contributed by atoms with E-state index >= 15 is 0 Å². The molecule has 5 nitrogen and oxygen atoms in total. The summed E-state index contributed by atoms with van der Waals surface area (Å²) in [6.45, 7) is 4.13. The number of benzene rings is 2. The van der Waals surface area contributed by atoms with E-state index < -0.39 is 19.7 Å². The lowest BCUT2D eigenvalue weighted by Crippen LogP contribution is -2.04. The third-order valence-electron chi connectivity index (χ3n) is 4.28. The smallest absolute Gasteiger partial charge is 0.216 e. The summed E-state index contributed by atoms with van der Waals surface area (Å²) in [5, 5.41) is 0. The van der Waals surface area contributed by atoms with Crippen molar-refractivity contribution in [1.82, 2.24) is 0 Å². The van der Waals surface area contributed by atoms with Crippen LogP contribution in [0.3, 0.4) is 0 Å². The number of hydrogen-bond acceptors (Lipinski definition) is 6. The average molecular weight is 472 g/mol. The molecule has 0 unspecified atom stereocenters. The lowest BCUT2D eigenvalue weighted by molar-refractivity contribution is 0.597. The molecule has 0 amide bonds. The number of hydrogen-bond donors (Lipinski definition) is 1. The number of halogens is 1. The molecule has 1 heterocycles. The predicted molar refractivity (Wildman–Crippen MR) is 119 cm³/mol. The maximum absolute atomic E-state index is 13.1. The van der Waals surface area contributed by atoms with Gasteiger partial charge in [0.25, 0.3) is 0 Å². The standard InChI is InChI=1S/C20H21NO4S3.ClH/c1-13-6-14(2)8-15(7-13)16-9-18(27(3,22)23)11-19(10-16)28(24,25)20-5-4-17(12-21)26-20;/h4-11H,12,21H2,1-3H3;1H. The fraction of sp³-hybridized carbons (Fsp3) is 0.200. The van der Waals surface area contributed by atoms with Gasteiger partial charge in [0.15, 0.2) is 9.84 Å². The fourth-order valence-corrected chi connectivity index (χ4v) is 6.44. The summed E-state index contributed by atoms with van der Waals surface area (Å²) < 4.78 is 50.8. The topological polar surface area (TPSA) is 94.3 Å². The van der Waals surface area contributed by atoms with E-state index in [2.05, 4.69) is 0 Å². The van der Waals surface area contributed by atoms with Gasteiger partial charge in [0, 0.05) is 17.7 Å². The summed E-state index contributed by atoms with van der Waals surface area (Å²) >= 11 is 1.09. The Balaban J connectivity index is 0.00000300. The van der Waals surface area contributed by atoms with Gasteiger partial charge in [-0.3, -0.25) is 0 Å². The molecule has 2 N–H and O–H groups in total. The van der Waals surface area contributed by atoms with E-state index in [4.69, 9.17) is 5.73 Å². The van der Waals surface area contributed by atoms with Crippen LogP contribution in [-0.4, -0.2) is 23.1 Å². The summed E-state index contributed by atoms with van der Waals surface area (Å²) in [6.07, 6.45) is 1.07. The minimum atomic E-state index is -3.86. The highest BCUT2D eigenvalue weighted by atomic mass is 35.5. The molecule has 0 saturated carbocycles. The van der Waals surface area contributed by atoms with Gasteiger partial charge in [-0.15, -0.1) is 23.7 Å². The van der Waals surface area contributed by atoms with Gasteiger partial charge in [-0.05, 0) is 55.3 Å². The second-order valence-electron chi connectivity index (χ2n) is 6.77. The molecule has 0 bridgehead atoms. The number of sulfone groups is 2. The van der Waals surface area contributed by atoms with Crippen LogP contribution in [0.25, 0.3) is 11.1 Å². The zero-order chi connectivity index (χ0) is 20.7. The Labute approximate surface area is 181 Å². The van der Waals surface area contributed by atoms with Crippen molar-refractivity contribution in [3.63, 3.8) is 0 Å². The second kappa shape index (κ2) is 8.57. The Hall–Kier alpha value is -1.71. The largest absolute Gasteiger partial charge is 0.326 e. The molecule has 3 rings (SSSR count). The van der Waals surface area contributed by atoms with Gasteiger partial charge >= 0.3 is 0 Å². The first-order valence-corrected chi connectivity index (χ1v) is 12.7. The van der Waals surface area contributed by atoms with E-state index in [-0.39, 0.29) is 33.0 Å². The van der Waals surface area contributed by atoms with Crippen LogP contribution in [0.15, 0.2) is 62.5 Å². The summed E-state index contributed by atoms with van der Waals surface area (Å²) in [5.41, 5.74) is 8.93. The van der Waals surface area contributed by atoms with Crippen molar-refractivity contribution in [3.8, 4) is 11.1 Å². The maximum Gasteiger partial charge on any atom is 0.216 e. The van der Waals surface area contributed by atoms with Gasteiger partial charge in [0.05, 0.1) is 9.79 Å². The van der Waals surface area contributed by atoms with Crippen molar-refractivity contribution in [2.75, 3.05) is 6.26 Å². The molecule has 156 valence electrons. The molecule has 0 spiro atoms. The number of nitrogens with two attached hydrogens (primary N) is 1. The Kier molecular flexibility index (Phi) is 6.97. The van der Waals surface area contributed by atoms with Crippen molar-refractivity contribution >= 4 is 43.4 Å². The molecule has 0 atom stereocenters. The van der Waals surface area contributed by atoms with Crippen LogP contribution in [0.1, 0.15) is 16.0 Å². The molecule has 0 aliphatic heterocycles. The Morgan fingerprint density at radius 2 is 1.38 bits per heavy atom. The van der Waals surface area contributed by atoms with Crippen LogP contribution in [0.2, 0.25) is 0 Å². The summed E-state index contributed by atoms with van der Waals surface area (Å²) in [6, 6.07) is 13.3. The van der Waals surface area contributed by atoms with Crippen LogP contribution >= 0.6 is 23.7 Å². The molecule has 29 heavy (non-hydrogen) atoms. The number of aryl methyl sites for hydroxylation is 2. The van der Waals surface area contributed by atoms with Crippen molar-refractivity contribution in [2.24, 2.45) is 5.73 Å². The molecule has 0 fully saturated rings. The average Bonchev–Trinajstić information content (AvgIpc) is 3.10. The van der Waals surface area contributed by atoms with Gasteiger partial charge in [-0.2, -0.15) is 0 Å². The molecule has 1 aromatic heterocycles. The molecule has 0 saturated heterocycles. The maximum atomic E-state index is 13.1. The van der Waals surface area contributed by atoms with Gasteiger partial charge in [0.2, 0.25) is 9.84 Å². The van der Waals surface area contributed by atoms with Gasteiger partial charge in [-0.25, -0.2) is 16.8 Å². The molecule has 3 aromatic rings. The molecular formula is C20H22ClNO4S3. The number of rotatable bonds is 5. The van der Waals surface area contributed by atoms with E-state index in [0.717, 1.165) is 39.2 Å². The minimum Gasteiger partial charge on any atom is -0.326 e. The Bertz CT molecular complexity index is 1240. The zero-order valence-electron chi connectivity index (χ0n) is 16.2. The minimum absolute atomic E-state index is 0. The quantitative estimate of drug-likeness (QED) is 0.603. The van der Waals surface area contributed by atoms with Crippen molar-refractivity contribution in [3.05, 3.63) is 64.5 Å². The van der Waals surface area contributed by atoms with Crippen LogP contribution in [0.5, 0.6) is 0 Å². The van der Waals surface area contributed by atoms with Gasteiger partial charge in [0.1, 0.15) is 4.21 Å². The lowest BCUT2D eigenvalue weighted by atomic mass is 10.0. The molecule has 0 aliphatic carbocycles. The lowest BCUT2D eigenvalue weighted by Gasteiger charge is -2.11. The summed E-state index contributed by atoms with van der Waals surface area (Å²) in [5.74, 6) is 0. The number of thiophene rings is 1. The van der Waals surface area contributed by atoms with E-state index in [9.17, 15) is 16.8 Å². The molecular weight excluding hydrogens is 450 g/mol. The van der Waals surface area contributed by atoms with Crippen LogP contribution in [-0.2, 0) is 26.2 Å². The molecule has 9 heteroatoms. The highest BCUT2D eigenvalue weighted by molar-refractivity contribution is 7.93. The molecule has 0 radical (unpaired) electrons. The van der Waals surface area contributed by atoms with Crippen molar-refractivity contribution in [1.29, 1.82) is 0 Å². The highest BCUT2D eigenvalue weighted by Gasteiger charge is 2.23. The van der Waals surface area contributed by atoms with Crippen LogP contribution in [0, 0.1) is 13.8 Å². The third kappa shape index (κ3) is 5.07. The zero-order valence-corrected chi connectivity index (χ0v) is 19.4. The first kappa shape index (κ1) is 23.6.